The minimum atomic E-state index is 0.594. The third-order valence-electron chi connectivity index (χ3n) is 3.29. The maximum Gasteiger partial charge on any atom is 0.175 e. The Kier molecular flexibility index (Phi) is 5.58. The predicted octanol–water partition coefficient (Wildman–Crippen LogP) is 4.34. The molecule has 0 aromatic heterocycles. The van der Waals surface area contributed by atoms with Crippen molar-refractivity contribution in [2.45, 2.75) is 13.8 Å². The number of anilines is 3. The Balaban J connectivity index is 1.95. The number of thiocarbonyl (C=S) groups is 1. The molecule has 2 aromatic rings. The second-order valence-electron chi connectivity index (χ2n) is 4.66. The predicted molar refractivity (Wildman–Crippen MR) is 96.3 cm³/mol. The van der Waals surface area contributed by atoms with Gasteiger partial charge < -0.3 is 15.5 Å². The zero-order valence-corrected chi connectivity index (χ0v) is 13.3. The molecule has 0 bridgehead atoms. The number of nitrogens with one attached hydrogen (secondary N) is 2. The summed E-state index contributed by atoms with van der Waals surface area (Å²) >= 11 is 5.32. The Hall–Kier alpha value is -2.07. The van der Waals surface area contributed by atoms with E-state index in [0.29, 0.717) is 5.11 Å². The van der Waals surface area contributed by atoms with E-state index in [0.717, 1.165) is 24.5 Å². The van der Waals surface area contributed by atoms with Crippen molar-refractivity contribution in [2.75, 3.05) is 28.6 Å². The van der Waals surface area contributed by atoms with Gasteiger partial charge >= 0.3 is 0 Å². The van der Waals surface area contributed by atoms with Crippen LogP contribution in [0.1, 0.15) is 13.8 Å². The van der Waals surface area contributed by atoms with Crippen LogP contribution < -0.4 is 15.5 Å². The fourth-order valence-corrected chi connectivity index (χ4v) is 2.39. The van der Waals surface area contributed by atoms with E-state index in [1.54, 1.807) is 0 Å². The van der Waals surface area contributed by atoms with Crippen LogP contribution in [0.2, 0.25) is 0 Å². The molecule has 0 aliphatic carbocycles. The Labute approximate surface area is 132 Å². The summed E-state index contributed by atoms with van der Waals surface area (Å²) in [6, 6.07) is 18.2. The Morgan fingerprint density at radius 2 is 1.38 bits per heavy atom. The minimum Gasteiger partial charge on any atom is -0.372 e. The highest BCUT2D eigenvalue weighted by atomic mass is 32.1. The molecule has 0 aliphatic rings. The van der Waals surface area contributed by atoms with Gasteiger partial charge in [0.15, 0.2) is 5.11 Å². The van der Waals surface area contributed by atoms with Gasteiger partial charge in [-0.15, -0.1) is 0 Å². The van der Waals surface area contributed by atoms with E-state index in [4.69, 9.17) is 12.2 Å². The summed E-state index contributed by atoms with van der Waals surface area (Å²) in [5, 5.41) is 6.95. The van der Waals surface area contributed by atoms with Gasteiger partial charge in [-0.3, -0.25) is 0 Å². The van der Waals surface area contributed by atoms with Gasteiger partial charge in [-0.1, -0.05) is 18.2 Å². The summed E-state index contributed by atoms with van der Waals surface area (Å²) in [7, 11) is 0. The lowest BCUT2D eigenvalue weighted by atomic mass is 10.2. The molecule has 0 amide bonds. The van der Waals surface area contributed by atoms with Crippen molar-refractivity contribution in [1.29, 1.82) is 0 Å². The van der Waals surface area contributed by atoms with Crippen molar-refractivity contribution in [3.05, 3.63) is 54.6 Å². The molecule has 0 heterocycles. The summed E-state index contributed by atoms with van der Waals surface area (Å²) < 4.78 is 0. The molecule has 0 atom stereocenters. The fourth-order valence-electron chi connectivity index (χ4n) is 2.16. The van der Waals surface area contributed by atoms with E-state index in [-0.39, 0.29) is 0 Å². The third-order valence-corrected chi connectivity index (χ3v) is 3.49. The number of benzene rings is 2. The van der Waals surface area contributed by atoms with E-state index < -0.39 is 0 Å². The molecule has 0 radical (unpaired) electrons. The molecule has 0 spiro atoms. The van der Waals surface area contributed by atoms with Gasteiger partial charge in [-0.2, -0.15) is 0 Å². The molecule has 21 heavy (non-hydrogen) atoms. The Morgan fingerprint density at radius 3 is 1.90 bits per heavy atom. The van der Waals surface area contributed by atoms with Crippen molar-refractivity contribution >= 4 is 34.4 Å². The lowest BCUT2D eigenvalue weighted by Crippen LogP contribution is -2.22. The SMILES string of the molecule is CCN(CC)c1ccc(NC(=S)Nc2ccccc2)cc1. The van der Waals surface area contributed by atoms with Gasteiger partial charge in [0.1, 0.15) is 0 Å². The van der Waals surface area contributed by atoms with Gasteiger partial charge in [-0.05, 0) is 62.5 Å². The van der Waals surface area contributed by atoms with Crippen LogP contribution >= 0.6 is 12.2 Å². The smallest absolute Gasteiger partial charge is 0.175 e. The standard InChI is InChI=1S/C17H21N3S/c1-3-20(4-2)16-12-10-15(11-13-16)19-17(21)18-14-8-6-5-7-9-14/h5-13H,3-4H2,1-2H3,(H2,18,19,21). The van der Waals surface area contributed by atoms with Crippen LogP contribution in [0.4, 0.5) is 17.1 Å². The largest absolute Gasteiger partial charge is 0.372 e. The first kappa shape index (κ1) is 15.3. The summed E-state index contributed by atoms with van der Waals surface area (Å²) in [4.78, 5) is 2.31. The first-order valence-corrected chi connectivity index (χ1v) is 7.61. The second kappa shape index (κ2) is 7.64. The van der Waals surface area contributed by atoms with Gasteiger partial charge in [0, 0.05) is 30.2 Å². The van der Waals surface area contributed by atoms with Crippen LogP contribution in [0.15, 0.2) is 54.6 Å². The van der Waals surface area contributed by atoms with Crippen LogP contribution in [0.3, 0.4) is 0 Å². The van der Waals surface area contributed by atoms with E-state index in [2.05, 4.69) is 41.5 Å². The molecule has 2 N–H and O–H groups in total. The zero-order chi connectivity index (χ0) is 15.1. The van der Waals surface area contributed by atoms with Gasteiger partial charge in [-0.25, -0.2) is 0 Å². The van der Waals surface area contributed by atoms with Crippen molar-refractivity contribution in [3.63, 3.8) is 0 Å². The highest BCUT2D eigenvalue weighted by Crippen LogP contribution is 2.18. The minimum absolute atomic E-state index is 0.594. The van der Waals surface area contributed by atoms with Crippen LogP contribution in [-0.2, 0) is 0 Å². The third kappa shape index (κ3) is 4.46. The molecule has 2 rings (SSSR count). The molecule has 0 fully saturated rings. The van der Waals surface area contributed by atoms with E-state index in [1.807, 2.05) is 42.5 Å². The van der Waals surface area contributed by atoms with Crippen molar-refractivity contribution < 1.29 is 0 Å². The molecule has 2 aromatic carbocycles. The number of rotatable bonds is 5. The maximum atomic E-state index is 5.32. The normalized spacial score (nSPS) is 10.0. The number of hydrogen-bond donors (Lipinski definition) is 2. The number of para-hydroxylation sites is 1. The van der Waals surface area contributed by atoms with Gasteiger partial charge in [0.05, 0.1) is 0 Å². The average molecular weight is 299 g/mol. The first-order chi connectivity index (χ1) is 10.2. The summed E-state index contributed by atoms with van der Waals surface area (Å²) in [5.41, 5.74) is 3.20. The highest BCUT2D eigenvalue weighted by molar-refractivity contribution is 7.80. The molecule has 110 valence electrons. The first-order valence-electron chi connectivity index (χ1n) is 7.21. The van der Waals surface area contributed by atoms with Crippen LogP contribution in [-0.4, -0.2) is 18.2 Å². The van der Waals surface area contributed by atoms with Crippen molar-refractivity contribution in [3.8, 4) is 0 Å². The Morgan fingerprint density at radius 1 is 0.857 bits per heavy atom. The quantitative estimate of drug-likeness (QED) is 0.803. The molecular weight excluding hydrogens is 278 g/mol. The lowest BCUT2D eigenvalue weighted by molar-refractivity contribution is 0.866. The molecule has 3 nitrogen and oxygen atoms in total. The number of hydrogen-bond acceptors (Lipinski definition) is 2. The van der Waals surface area contributed by atoms with E-state index in [1.165, 1.54) is 5.69 Å². The van der Waals surface area contributed by atoms with Crippen molar-refractivity contribution in [1.82, 2.24) is 0 Å². The summed E-state index contributed by atoms with van der Waals surface area (Å²) in [6.07, 6.45) is 0. The average Bonchev–Trinajstić information content (AvgIpc) is 2.51. The zero-order valence-electron chi connectivity index (χ0n) is 12.5. The van der Waals surface area contributed by atoms with Crippen molar-refractivity contribution in [2.24, 2.45) is 0 Å². The maximum absolute atomic E-state index is 5.32. The lowest BCUT2D eigenvalue weighted by Gasteiger charge is -2.21. The van der Waals surface area contributed by atoms with Crippen LogP contribution in [0.25, 0.3) is 0 Å². The number of nitrogens with zero attached hydrogens (tertiary/aromatic N) is 1. The fraction of sp³-hybridized carbons (Fsp3) is 0.235. The highest BCUT2D eigenvalue weighted by Gasteiger charge is 2.02. The Bertz CT molecular complexity index is 562. The molecule has 0 saturated carbocycles. The second-order valence-corrected chi connectivity index (χ2v) is 5.07. The molecule has 0 unspecified atom stereocenters. The molecular formula is C17H21N3S. The van der Waals surface area contributed by atoms with Gasteiger partial charge in [0.2, 0.25) is 0 Å². The van der Waals surface area contributed by atoms with Gasteiger partial charge in [0.25, 0.3) is 0 Å². The van der Waals surface area contributed by atoms with Crippen LogP contribution in [0.5, 0.6) is 0 Å². The molecule has 4 heteroatoms. The topological polar surface area (TPSA) is 27.3 Å². The molecule has 0 aliphatic heterocycles. The van der Waals surface area contributed by atoms with Crippen LogP contribution in [0, 0.1) is 0 Å². The molecule has 0 saturated heterocycles. The summed E-state index contributed by atoms with van der Waals surface area (Å²) in [5.74, 6) is 0. The summed E-state index contributed by atoms with van der Waals surface area (Å²) in [6.45, 7) is 6.34. The van der Waals surface area contributed by atoms with E-state index in [9.17, 15) is 0 Å². The van der Waals surface area contributed by atoms with E-state index >= 15 is 0 Å². The monoisotopic (exact) mass is 299 g/mol.